The summed E-state index contributed by atoms with van der Waals surface area (Å²) in [5.41, 5.74) is 1.93. The molecule has 0 bridgehead atoms. The second kappa shape index (κ2) is 11.9. The van der Waals surface area contributed by atoms with Gasteiger partial charge < -0.3 is 10.6 Å². The molecule has 0 aromatic heterocycles. The smallest absolute Gasteiger partial charge is 0.243 e. The molecule has 3 amide bonds. The van der Waals surface area contributed by atoms with E-state index >= 15 is 0 Å². The Morgan fingerprint density at radius 1 is 1.03 bits per heavy atom. The van der Waals surface area contributed by atoms with Gasteiger partial charge in [0.25, 0.3) is 0 Å². The van der Waals surface area contributed by atoms with E-state index in [1.807, 2.05) is 19.1 Å². The van der Waals surface area contributed by atoms with Crippen LogP contribution in [-0.4, -0.2) is 45.5 Å². The first-order valence-corrected chi connectivity index (χ1v) is 12.8. The van der Waals surface area contributed by atoms with Crippen LogP contribution in [0.1, 0.15) is 38.2 Å². The van der Waals surface area contributed by atoms with Gasteiger partial charge in [-0.2, -0.15) is 0 Å². The molecule has 2 aromatic carbocycles. The van der Waals surface area contributed by atoms with Gasteiger partial charge in [-0.1, -0.05) is 30.5 Å². The molecule has 0 heterocycles. The standard InChI is InChI=1S/C25H30FN3O4S/c1-17-7-11-21(12-8-17)27-23(30)15-34(33)16-24(31)29(22-13-9-19(26)10-14-22)18(2)25(32)28-20-5-3-4-6-20/h7-14,18,20H,3-6,15-16H2,1-2H3,(H,27,30)(H,28,32)/t18-,34+/m0/s1. The highest BCUT2D eigenvalue weighted by atomic mass is 32.2. The SMILES string of the molecule is Cc1ccc(NC(=O)C[S@@](=O)CC(=O)N(c2ccc(F)cc2)[C@@H](C)C(=O)NC2CCCC2)cc1. The summed E-state index contributed by atoms with van der Waals surface area (Å²) in [7, 11) is -1.80. The largest absolute Gasteiger partial charge is 0.352 e. The van der Waals surface area contributed by atoms with Crippen LogP contribution in [0.4, 0.5) is 15.8 Å². The molecule has 7 nitrogen and oxygen atoms in total. The number of hydrogen-bond acceptors (Lipinski definition) is 4. The molecule has 1 fully saturated rings. The molecule has 3 rings (SSSR count). The third-order valence-corrected chi connectivity index (χ3v) is 6.91. The average molecular weight is 488 g/mol. The summed E-state index contributed by atoms with van der Waals surface area (Å²) in [5, 5.41) is 5.62. The molecule has 0 radical (unpaired) electrons. The number of nitrogens with one attached hydrogen (secondary N) is 2. The Balaban J connectivity index is 1.66. The van der Waals surface area contributed by atoms with E-state index in [-0.39, 0.29) is 17.7 Å². The lowest BCUT2D eigenvalue weighted by Gasteiger charge is -2.29. The lowest BCUT2D eigenvalue weighted by atomic mass is 10.1. The molecule has 2 N–H and O–H groups in total. The van der Waals surface area contributed by atoms with Crippen molar-refractivity contribution in [2.75, 3.05) is 21.7 Å². The van der Waals surface area contributed by atoms with Crippen LogP contribution in [0.3, 0.4) is 0 Å². The minimum atomic E-state index is -1.80. The van der Waals surface area contributed by atoms with Crippen molar-refractivity contribution in [3.63, 3.8) is 0 Å². The summed E-state index contributed by atoms with van der Waals surface area (Å²) in [6.07, 6.45) is 3.87. The van der Waals surface area contributed by atoms with Crippen molar-refractivity contribution in [1.29, 1.82) is 0 Å². The van der Waals surface area contributed by atoms with Crippen LogP contribution in [0.25, 0.3) is 0 Å². The summed E-state index contributed by atoms with van der Waals surface area (Å²) < 4.78 is 26.1. The Labute approximate surface area is 201 Å². The Hall–Kier alpha value is -3.07. The summed E-state index contributed by atoms with van der Waals surface area (Å²) in [4.78, 5) is 39.5. The fourth-order valence-electron chi connectivity index (χ4n) is 3.93. The predicted molar refractivity (Wildman–Crippen MR) is 131 cm³/mol. The number of anilines is 2. The fourth-order valence-corrected chi connectivity index (χ4v) is 4.81. The van der Waals surface area contributed by atoms with Gasteiger partial charge in [0.05, 0.1) is 0 Å². The third-order valence-electron chi connectivity index (χ3n) is 5.75. The number of hydrogen-bond donors (Lipinski definition) is 2. The molecular formula is C25H30FN3O4S. The maximum absolute atomic E-state index is 13.5. The Kier molecular flexibility index (Phi) is 8.92. The highest BCUT2D eigenvalue weighted by molar-refractivity contribution is 7.86. The number of halogens is 1. The van der Waals surface area contributed by atoms with Gasteiger partial charge in [-0.25, -0.2) is 4.39 Å². The van der Waals surface area contributed by atoms with Gasteiger partial charge >= 0.3 is 0 Å². The zero-order valence-electron chi connectivity index (χ0n) is 19.4. The molecule has 0 spiro atoms. The van der Waals surface area contributed by atoms with Crippen LogP contribution in [-0.2, 0) is 25.2 Å². The zero-order valence-corrected chi connectivity index (χ0v) is 20.2. The summed E-state index contributed by atoms with van der Waals surface area (Å²) in [5.74, 6) is -2.67. The van der Waals surface area contributed by atoms with Crippen LogP contribution in [0, 0.1) is 12.7 Å². The van der Waals surface area contributed by atoms with E-state index in [2.05, 4.69) is 10.6 Å². The number of carbonyl (C=O) groups excluding carboxylic acids is 3. The number of benzene rings is 2. The molecule has 1 aliphatic rings. The summed E-state index contributed by atoms with van der Waals surface area (Å²) >= 11 is 0. The normalized spacial score (nSPS) is 15.4. The van der Waals surface area contributed by atoms with Crippen LogP contribution < -0.4 is 15.5 Å². The Morgan fingerprint density at radius 3 is 2.26 bits per heavy atom. The zero-order chi connectivity index (χ0) is 24.7. The van der Waals surface area contributed by atoms with E-state index in [1.165, 1.54) is 29.2 Å². The lowest BCUT2D eigenvalue weighted by molar-refractivity contribution is -0.125. The number of aryl methyl sites for hydroxylation is 1. The number of carbonyl (C=O) groups is 3. The molecule has 9 heteroatoms. The van der Waals surface area contributed by atoms with Crippen molar-refractivity contribution in [2.24, 2.45) is 0 Å². The number of rotatable bonds is 9. The minimum Gasteiger partial charge on any atom is -0.352 e. The van der Waals surface area contributed by atoms with Crippen molar-refractivity contribution >= 4 is 39.9 Å². The van der Waals surface area contributed by atoms with E-state index in [0.717, 1.165) is 31.2 Å². The first-order valence-electron chi connectivity index (χ1n) is 11.3. The van der Waals surface area contributed by atoms with Crippen molar-refractivity contribution in [1.82, 2.24) is 5.32 Å². The molecule has 2 aromatic rings. The molecule has 0 aliphatic heterocycles. The van der Waals surface area contributed by atoms with Crippen LogP contribution in [0.2, 0.25) is 0 Å². The molecule has 1 saturated carbocycles. The molecule has 0 unspecified atom stereocenters. The average Bonchev–Trinajstić information content (AvgIpc) is 3.29. The van der Waals surface area contributed by atoms with Gasteiger partial charge in [-0.3, -0.25) is 23.5 Å². The van der Waals surface area contributed by atoms with Gasteiger partial charge in [0.1, 0.15) is 23.4 Å². The fraction of sp³-hybridized carbons (Fsp3) is 0.400. The molecular weight excluding hydrogens is 457 g/mol. The van der Waals surface area contributed by atoms with Crippen LogP contribution in [0.15, 0.2) is 48.5 Å². The van der Waals surface area contributed by atoms with E-state index in [4.69, 9.17) is 0 Å². The molecule has 2 atom stereocenters. The van der Waals surface area contributed by atoms with E-state index < -0.39 is 40.2 Å². The second-order valence-electron chi connectivity index (χ2n) is 8.55. The summed E-state index contributed by atoms with van der Waals surface area (Å²) in [6.45, 7) is 3.51. The quantitative estimate of drug-likeness (QED) is 0.567. The van der Waals surface area contributed by atoms with Crippen molar-refractivity contribution in [3.8, 4) is 0 Å². The molecule has 34 heavy (non-hydrogen) atoms. The van der Waals surface area contributed by atoms with Crippen molar-refractivity contribution in [2.45, 2.75) is 51.6 Å². The van der Waals surface area contributed by atoms with Gasteiger partial charge in [0, 0.05) is 28.2 Å². The Bertz CT molecular complexity index is 1040. The van der Waals surface area contributed by atoms with E-state index in [9.17, 15) is 23.0 Å². The van der Waals surface area contributed by atoms with E-state index in [0.29, 0.717) is 11.4 Å². The highest BCUT2D eigenvalue weighted by Gasteiger charge is 2.30. The number of amides is 3. The monoisotopic (exact) mass is 487 g/mol. The second-order valence-corrected chi connectivity index (χ2v) is 10.0. The van der Waals surface area contributed by atoms with Gasteiger partial charge in [0.15, 0.2) is 0 Å². The van der Waals surface area contributed by atoms with Crippen LogP contribution in [0.5, 0.6) is 0 Å². The summed E-state index contributed by atoms with van der Waals surface area (Å²) in [6, 6.07) is 11.5. The Morgan fingerprint density at radius 2 is 1.65 bits per heavy atom. The maximum atomic E-state index is 13.5. The predicted octanol–water partition coefficient (Wildman–Crippen LogP) is 3.30. The van der Waals surface area contributed by atoms with Gasteiger partial charge in [-0.15, -0.1) is 0 Å². The van der Waals surface area contributed by atoms with Gasteiger partial charge in [0.2, 0.25) is 17.7 Å². The number of nitrogens with zero attached hydrogens (tertiary/aromatic N) is 1. The van der Waals surface area contributed by atoms with Gasteiger partial charge in [-0.05, 0) is 63.1 Å². The molecule has 182 valence electrons. The third kappa shape index (κ3) is 7.21. The van der Waals surface area contributed by atoms with Crippen molar-refractivity contribution < 1.29 is 23.0 Å². The highest BCUT2D eigenvalue weighted by Crippen LogP contribution is 2.21. The first-order chi connectivity index (χ1) is 16.2. The minimum absolute atomic E-state index is 0.0692. The molecule has 1 aliphatic carbocycles. The lowest BCUT2D eigenvalue weighted by Crippen LogP contribution is -2.51. The van der Waals surface area contributed by atoms with Crippen molar-refractivity contribution in [3.05, 3.63) is 59.9 Å². The molecule has 0 saturated heterocycles. The van der Waals surface area contributed by atoms with Crippen LogP contribution >= 0.6 is 0 Å². The first kappa shape index (κ1) is 25.6. The topological polar surface area (TPSA) is 95.6 Å². The maximum Gasteiger partial charge on any atom is 0.243 e. The van der Waals surface area contributed by atoms with E-state index in [1.54, 1.807) is 19.1 Å².